The molecule has 2 unspecified atom stereocenters. The predicted molar refractivity (Wildman–Crippen MR) is 92.2 cm³/mol. The summed E-state index contributed by atoms with van der Waals surface area (Å²) in [5, 5.41) is 2.69. The molecule has 124 valence electrons. The summed E-state index contributed by atoms with van der Waals surface area (Å²) in [6, 6.07) is 4.55. The average molecular weight is 336 g/mol. The van der Waals surface area contributed by atoms with Crippen LogP contribution in [0.4, 0.5) is 10.1 Å². The van der Waals surface area contributed by atoms with Crippen molar-refractivity contribution in [3.63, 3.8) is 0 Å². The molecule has 0 saturated heterocycles. The lowest BCUT2D eigenvalue weighted by Gasteiger charge is -2.44. The number of amidine groups is 1. The van der Waals surface area contributed by atoms with Gasteiger partial charge in [0.15, 0.2) is 0 Å². The Balaban J connectivity index is 2.18. The summed E-state index contributed by atoms with van der Waals surface area (Å²) in [6.45, 7) is 6.78. The number of carbonyl (C=O) groups excluding carboxylic acids is 1. The smallest absolute Gasteiger partial charge is 0.211 e. The van der Waals surface area contributed by atoms with Crippen LogP contribution in [0.25, 0.3) is 0 Å². The molecule has 1 amide bonds. The van der Waals surface area contributed by atoms with Gasteiger partial charge in [-0.05, 0) is 45.4 Å². The summed E-state index contributed by atoms with van der Waals surface area (Å²) in [6.07, 6.45) is 1.45. The van der Waals surface area contributed by atoms with Crippen molar-refractivity contribution in [2.75, 3.05) is 11.9 Å². The van der Waals surface area contributed by atoms with Crippen molar-refractivity contribution < 1.29 is 9.18 Å². The number of nitrogens with one attached hydrogen (secondary N) is 1. The second-order valence-corrected chi connectivity index (χ2v) is 9.03. The number of nitrogens with two attached hydrogens (primary N) is 1. The molecule has 0 radical (unpaired) electrons. The van der Waals surface area contributed by atoms with Gasteiger partial charge in [-0.15, -0.1) is 0 Å². The number of fused-ring (bicyclic) bond motifs is 1. The van der Waals surface area contributed by atoms with Gasteiger partial charge in [0.2, 0.25) is 6.41 Å². The molecular formula is C16H21FN4OS. The number of carbonyl (C=O) groups is 1. The largest absolute Gasteiger partial charge is 0.386 e. The second-order valence-electron chi connectivity index (χ2n) is 6.56. The number of aliphatic imine (C=N–C) groups is 1. The van der Waals surface area contributed by atoms with Gasteiger partial charge in [-0.2, -0.15) is 0 Å². The molecule has 0 aliphatic carbocycles. The maximum absolute atomic E-state index is 14.6. The first-order valence-electron chi connectivity index (χ1n) is 7.57. The van der Waals surface area contributed by atoms with Gasteiger partial charge in [0.05, 0.1) is 4.75 Å². The van der Waals surface area contributed by atoms with Crippen LogP contribution in [0.2, 0.25) is 0 Å². The Kier molecular flexibility index (Phi) is 3.78. The monoisotopic (exact) mass is 336 g/mol. The van der Waals surface area contributed by atoms with Crippen molar-refractivity contribution in [1.29, 1.82) is 0 Å². The first kappa shape index (κ1) is 16.1. The zero-order valence-corrected chi connectivity index (χ0v) is 14.3. The number of anilines is 1. The fourth-order valence-corrected chi connectivity index (χ4v) is 6.07. The van der Waals surface area contributed by atoms with E-state index in [0.29, 0.717) is 23.5 Å². The molecule has 3 N–H and O–H groups in total. The summed E-state index contributed by atoms with van der Waals surface area (Å²) >= 11 is 0. The van der Waals surface area contributed by atoms with E-state index in [1.807, 2.05) is 6.92 Å². The van der Waals surface area contributed by atoms with Crippen molar-refractivity contribution >= 4 is 28.6 Å². The molecule has 2 aliphatic heterocycles. The van der Waals surface area contributed by atoms with E-state index in [1.54, 1.807) is 6.07 Å². The molecule has 1 aromatic rings. The number of amides is 1. The molecular weight excluding hydrogens is 315 g/mol. The molecule has 0 fully saturated rings. The minimum atomic E-state index is -0.770. The van der Waals surface area contributed by atoms with Gasteiger partial charge in [-0.1, -0.05) is 10.7 Å². The topological polar surface area (TPSA) is 79.8 Å². The van der Waals surface area contributed by atoms with Crippen molar-refractivity contribution in [2.24, 2.45) is 15.1 Å². The molecule has 0 bridgehead atoms. The van der Waals surface area contributed by atoms with Crippen molar-refractivity contribution in [3.8, 4) is 0 Å². The van der Waals surface area contributed by atoms with Crippen LogP contribution in [0, 0.1) is 5.82 Å². The van der Waals surface area contributed by atoms with Crippen LogP contribution < -0.4 is 11.1 Å². The zero-order chi connectivity index (χ0) is 16.8. The van der Waals surface area contributed by atoms with Crippen molar-refractivity contribution in [1.82, 2.24) is 0 Å². The Bertz CT molecular complexity index is 731. The summed E-state index contributed by atoms with van der Waals surface area (Å²) in [5.41, 5.74) is 6.47. The van der Waals surface area contributed by atoms with Crippen LogP contribution in [0.15, 0.2) is 27.6 Å². The highest BCUT2D eigenvalue weighted by atomic mass is 32.2. The van der Waals surface area contributed by atoms with Gasteiger partial charge in [0, 0.05) is 23.0 Å². The molecule has 3 rings (SSSR count). The van der Waals surface area contributed by atoms with Crippen LogP contribution in [-0.2, 0) is 21.0 Å². The first-order valence-corrected chi connectivity index (χ1v) is 8.82. The number of hydrogen-bond donors (Lipinski definition) is 2. The van der Waals surface area contributed by atoms with Crippen LogP contribution in [0.3, 0.4) is 0 Å². The highest BCUT2D eigenvalue weighted by molar-refractivity contribution is 7.90. The van der Waals surface area contributed by atoms with Gasteiger partial charge < -0.3 is 11.1 Å². The number of halogens is 1. The highest BCUT2D eigenvalue weighted by Crippen LogP contribution is 2.45. The van der Waals surface area contributed by atoms with Crippen LogP contribution in [0.1, 0.15) is 32.8 Å². The predicted octanol–water partition coefficient (Wildman–Crippen LogP) is 2.33. The second kappa shape index (κ2) is 5.40. The third-order valence-electron chi connectivity index (χ3n) is 4.75. The lowest BCUT2D eigenvalue weighted by atomic mass is 9.86. The van der Waals surface area contributed by atoms with E-state index in [4.69, 9.17) is 15.1 Å². The Hall–Kier alpha value is -1.76. The SMILES string of the molecule is CC1(C)C(N)=N[C@](C)(c2cc(NC=O)ccc2F)C2CCN=S21. The van der Waals surface area contributed by atoms with E-state index in [1.165, 1.54) is 12.1 Å². The molecule has 0 aromatic heterocycles. The van der Waals surface area contributed by atoms with Gasteiger partial charge >= 0.3 is 0 Å². The Morgan fingerprint density at radius 3 is 2.87 bits per heavy atom. The average Bonchev–Trinajstić information content (AvgIpc) is 2.99. The van der Waals surface area contributed by atoms with E-state index in [-0.39, 0.29) is 26.5 Å². The molecule has 1 aromatic carbocycles. The standard InChI is InChI=1S/C16H21FN4OS/c1-15(2)14(18)21-16(3,13-6-7-20-23(13)15)11-8-10(19-9-22)4-5-12(11)17/h4-5,8-9,13H,6-7H2,1-3H3,(H2,18,21)(H,19,22)/t13?,16-,23?/m1/s1. The quantitative estimate of drug-likeness (QED) is 0.831. The van der Waals surface area contributed by atoms with Crippen molar-refractivity contribution in [2.45, 2.75) is 42.7 Å². The minimum absolute atomic E-state index is 0.116. The van der Waals surface area contributed by atoms with E-state index >= 15 is 0 Å². The Morgan fingerprint density at radius 2 is 2.17 bits per heavy atom. The number of nitrogens with zero attached hydrogens (tertiary/aromatic N) is 2. The maximum atomic E-state index is 14.6. The highest BCUT2D eigenvalue weighted by Gasteiger charge is 2.51. The third kappa shape index (κ3) is 2.38. The lowest BCUT2D eigenvalue weighted by molar-refractivity contribution is -0.105. The molecule has 3 atom stereocenters. The lowest BCUT2D eigenvalue weighted by Crippen LogP contribution is -2.55. The van der Waals surface area contributed by atoms with E-state index in [9.17, 15) is 9.18 Å². The molecule has 7 heteroatoms. The third-order valence-corrected chi connectivity index (χ3v) is 7.70. The summed E-state index contributed by atoms with van der Waals surface area (Å²) in [5.74, 6) is 0.175. The molecule has 23 heavy (non-hydrogen) atoms. The fourth-order valence-electron chi connectivity index (χ4n) is 3.35. The van der Waals surface area contributed by atoms with E-state index in [2.05, 4.69) is 19.2 Å². The summed E-state index contributed by atoms with van der Waals surface area (Å²) in [4.78, 5) is 15.4. The number of benzene rings is 1. The Morgan fingerprint density at radius 1 is 1.43 bits per heavy atom. The van der Waals surface area contributed by atoms with Crippen molar-refractivity contribution in [3.05, 3.63) is 29.6 Å². The molecule has 0 spiro atoms. The minimum Gasteiger partial charge on any atom is -0.386 e. The normalized spacial score (nSPS) is 31.7. The molecule has 5 nitrogen and oxygen atoms in total. The maximum Gasteiger partial charge on any atom is 0.211 e. The van der Waals surface area contributed by atoms with E-state index in [0.717, 1.165) is 13.0 Å². The van der Waals surface area contributed by atoms with Gasteiger partial charge in [0.1, 0.15) is 17.2 Å². The van der Waals surface area contributed by atoms with Gasteiger partial charge in [-0.25, -0.2) is 4.39 Å². The molecule has 2 aliphatic rings. The number of rotatable bonds is 3. The zero-order valence-electron chi connectivity index (χ0n) is 13.5. The van der Waals surface area contributed by atoms with Crippen LogP contribution in [0.5, 0.6) is 0 Å². The first-order chi connectivity index (χ1) is 10.8. The number of hydrogen-bond acceptors (Lipinski definition) is 4. The van der Waals surface area contributed by atoms with Gasteiger partial charge in [0.25, 0.3) is 0 Å². The molecule has 2 heterocycles. The fraction of sp³-hybridized carbons (Fsp3) is 0.500. The molecule has 0 saturated carbocycles. The summed E-state index contributed by atoms with van der Waals surface area (Å²) in [7, 11) is -0.302. The van der Waals surface area contributed by atoms with Crippen LogP contribution >= 0.6 is 0 Å². The van der Waals surface area contributed by atoms with Gasteiger partial charge in [-0.3, -0.25) is 14.1 Å². The Labute approximate surface area is 137 Å². The summed E-state index contributed by atoms with van der Waals surface area (Å²) < 4.78 is 19.0. The van der Waals surface area contributed by atoms with Crippen LogP contribution in [-0.4, -0.2) is 28.8 Å². The van der Waals surface area contributed by atoms with E-state index < -0.39 is 5.54 Å².